The number of nitrogens with two attached hydrogens (primary N) is 1. The molecule has 1 unspecified atom stereocenters. The predicted molar refractivity (Wildman–Crippen MR) is 190 cm³/mol. The van der Waals surface area contributed by atoms with Gasteiger partial charge in [-0.2, -0.15) is 5.10 Å². The molecule has 5 rings (SSSR count). The summed E-state index contributed by atoms with van der Waals surface area (Å²) in [7, 11) is -4.30. The number of rotatable bonds is 16. The Kier molecular flexibility index (Phi) is 12.9. The molecule has 15 heteroatoms. The lowest BCUT2D eigenvalue weighted by Gasteiger charge is -2.35. The maximum Gasteiger partial charge on any atom is 0.354 e. The van der Waals surface area contributed by atoms with E-state index in [1.165, 1.54) is 6.92 Å². The number of hydrogen-bond acceptors (Lipinski definition) is 10. The standard InChI is InChI=1S/C36H46N5O9P/c1-3-49-35(44)24(2)50-51(46,47)23-48-18-10-17-40-30(20-25-11-6-4-7-12-25)32(42)33(43)31(21-26-13-8-5-9-14-26)41(36(40)45)22-27-15-16-29-28(19-27)34(37)39-38-29/h4-9,11-16,19,24,30-33,42-43H,3,10,17-18,20-23H2,1-2H3,(H,46,47)(H3,37,38,39)/t24-,30+,31+,32-,33-/m0/s1. The number of carbonyl (C=O) groups is 2. The van der Waals surface area contributed by atoms with Gasteiger partial charge in [0.05, 0.1) is 24.2 Å². The molecule has 0 radical (unpaired) electrons. The molecule has 51 heavy (non-hydrogen) atoms. The van der Waals surface area contributed by atoms with Gasteiger partial charge in [0.1, 0.15) is 18.6 Å². The van der Waals surface area contributed by atoms with Crippen molar-refractivity contribution in [1.82, 2.24) is 20.0 Å². The van der Waals surface area contributed by atoms with Crippen LogP contribution in [0.1, 0.15) is 37.0 Å². The van der Waals surface area contributed by atoms with Crippen molar-refractivity contribution < 1.29 is 43.3 Å². The predicted octanol–water partition coefficient (Wildman–Crippen LogP) is 3.84. The Morgan fingerprint density at radius 1 is 0.961 bits per heavy atom. The van der Waals surface area contributed by atoms with Crippen LogP contribution in [0.15, 0.2) is 78.9 Å². The minimum absolute atomic E-state index is 0.0357. The second-order valence-corrected chi connectivity index (χ2v) is 14.4. The average Bonchev–Trinajstić information content (AvgIpc) is 3.47. The summed E-state index contributed by atoms with van der Waals surface area (Å²) in [4.78, 5) is 40.0. The van der Waals surface area contributed by atoms with Crippen LogP contribution < -0.4 is 5.73 Å². The fraction of sp³-hybridized carbons (Fsp3) is 0.417. The largest absolute Gasteiger partial charge is 0.464 e. The maximum atomic E-state index is 14.8. The molecular formula is C36H46N5O9P. The van der Waals surface area contributed by atoms with Gasteiger partial charge < -0.3 is 40.1 Å². The third-order valence-corrected chi connectivity index (χ3v) is 10.1. The first-order valence-corrected chi connectivity index (χ1v) is 18.7. The SMILES string of the molecule is CCOC(=O)[C@H](C)OP(=O)(O)COCCCN1C(=O)N(Cc2ccc3[nH]nc(N)c3c2)[C@H](Cc2ccccc2)[C@H](O)[C@@H](O)[C@H]1Cc1ccccc1. The number of urea groups is 1. The number of carbonyl (C=O) groups excluding carboxylic acids is 2. The minimum atomic E-state index is -4.30. The number of aliphatic hydroxyl groups is 2. The number of nitrogen functional groups attached to an aromatic ring is 1. The number of esters is 1. The van der Waals surface area contributed by atoms with Gasteiger partial charge in [-0.3, -0.25) is 14.2 Å². The molecule has 1 aliphatic heterocycles. The molecule has 0 aliphatic carbocycles. The second-order valence-electron chi connectivity index (χ2n) is 12.6. The summed E-state index contributed by atoms with van der Waals surface area (Å²) in [5.74, 6) is -0.442. The lowest BCUT2D eigenvalue weighted by molar-refractivity contribution is -0.150. The fourth-order valence-corrected chi connectivity index (χ4v) is 7.37. The van der Waals surface area contributed by atoms with Crippen molar-refractivity contribution in [3.63, 3.8) is 0 Å². The number of aromatic amines is 1. The summed E-state index contributed by atoms with van der Waals surface area (Å²) >= 11 is 0. The van der Waals surface area contributed by atoms with Crippen LogP contribution in [0.4, 0.5) is 10.6 Å². The van der Waals surface area contributed by atoms with Crippen LogP contribution in [0.3, 0.4) is 0 Å². The molecule has 1 saturated heterocycles. The molecule has 14 nitrogen and oxygen atoms in total. The molecule has 6 N–H and O–H groups in total. The molecular weight excluding hydrogens is 677 g/mol. The summed E-state index contributed by atoms with van der Waals surface area (Å²) in [5, 5.41) is 31.4. The van der Waals surface area contributed by atoms with Crippen molar-refractivity contribution in [2.45, 2.75) is 70.1 Å². The van der Waals surface area contributed by atoms with Crippen molar-refractivity contribution in [2.24, 2.45) is 0 Å². The van der Waals surface area contributed by atoms with E-state index in [4.69, 9.17) is 19.7 Å². The van der Waals surface area contributed by atoms with Gasteiger partial charge in [0.2, 0.25) is 0 Å². The molecule has 0 bridgehead atoms. The quantitative estimate of drug-likeness (QED) is 0.0639. The van der Waals surface area contributed by atoms with Gasteiger partial charge >= 0.3 is 19.6 Å². The number of hydrogen-bond donors (Lipinski definition) is 5. The van der Waals surface area contributed by atoms with Gasteiger partial charge in [0, 0.05) is 25.1 Å². The molecule has 0 saturated carbocycles. The van der Waals surface area contributed by atoms with Crippen LogP contribution in [-0.2, 0) is 42.7 Å². The van der Waals surface area contributed by atoms with Crippen LogP contribution in [0.2, 0.25) is 0 Å². The van der Waals surface area contributed by atoms with E-state index in [0.29, 0.717) is 11.2 Å². The van der Waals surface area contributed by atoms with E-state index in [1.807, 2.05) is 78.9 Å². The molecule has 4 aromatic rings. The third-order valence-electron chi connectivity index (χ3n) is 8.90. The zero-order chi connectivity index (χ0) is 36.5. The van der Waals surface area contributed by atoms with Gasteiger partial charge in [-0.05, 0) is 61.9 Å². The van der Waals surface area contributed by atoms with Crippen molar-refractivity contribution in [3.05, 3.63) is 95.6 Å². The van der Waals surface area contributed by atoms with Crippen LogP contribution in [0.25, 0.3) is 10.9 Å². The van der Waals surface area contributed by atoms with E-state index in [0.717, 1.165) is 22.2 Å². The van der Waals surface area contributed by atoms with Crippen LogP contribution >= 0.6 is 7.60 Å². The Labute approximate surface area is 296 Å². The van der Waals surface area contributed by atoms with Gasteiger partial charge in [0.15, 0.2) is 11.9 Å². The molecule has 2 amide bonds. The zero-order valence-corrected chi connectivity index (χ0v) is 29.6. The number of aliphatic hydroxyl groups excluding tert-OH is 2. The first-order chi connectivity index (χ1) is 24.5. The Hall–Kier alpha value is -4.30. The molecule has 3 aromatic carbocycles. The summed E-state index contributed by atoms with van der Waals surface area (Å²) < 4.78 is 27.9. The van der Waals surface area contributed by atoms with Gasteiger partial charge in [-0.1, -0.05) is 66.7 Å². The van der Waals surface area contributed by atoms with Gasteiger partial charge in [-0.25, -0.2) is 9.59 Å². The molecule has 1 fully saturated rings. The number of aromatic nitrogens is 2. The first kappa shape index (κ1) is 37.9. The van der Waals surface area contributed by atoms with Crippen LogP contribution in [0, 0.1) is 0 Å². The summed E-state index contributed by atoms with van der Waals surface area (Å²) in [6.07, 6.45) is -3.80. The van der Waals surface area contributed by atoms with Crippen molar-refractivity contribution in [3.8, 4) is 0 Å². The topological polar surface area (TPSA) is 201 Å². The normalized spacial score (nSPS) is 21.3. The molecule has 1 aliphatic rings. The zero-order valence-electron chi connectivity index (χ0n) is 28.7. The number of fused-ring (bicyclic) bond motifs is 1. The number of nitrogens with one attached hydrogen (secondary N) is 1. The highest BCUT2D eigenvalue weighted by atomic mass is 31.2. The highest BCUT2D eigenvalue weighted by molar-refractivity contribution is 7.52. The van der Waals surface area contributed by atoms with Crippen molar-refractivity contribution >= 4 is 36.3 Å². The number of nitrogens with zero attached hydrogens (tertiary/aromatic N) is 3. The summed E-state index contributed by atoms with van der Waals surface area (Å²) in [6.45, 7) is 3.20. The molecule has 0 spiro atoms. The summed E-state index contributed by atoms with van der Waals surface area (Å²) in [5.41, 5.74) is 9.34. The highest BCUT2D eigenvalue weighted by Gasteiger charge is 2.46. The lowest BCUT2D eigenvalue weighted by atomic mass is 9.91. The lowest BCUT2D eigenvalue weighted by Crippen LogP contribution is -2.51. The second kappa shape index (κ2) is 17.3. The molecule has 2 heterocycles. The molecule has 1 aromatic heterocycles. The van der Waals surface area contributed by atoms with E-state index < -0.39 is 56.3 Å². The van der Waals surface area contributed by atoms with E-state index in [2.05, 4.69) is 10.2 Å². The number of H-pyrrole nitrogens is 1. The van der Waals surface area contributed by atoms with Gasteiger partial charge in [0.25, 0.3) is 0 Å². The van der Waals surface area contributed by atoms with E-state index >= 15 is 0 Å². The van der Waals surface area contributed by atoms with Gasteiger partial charge in [-0.15, -0.1) is 0 Å². The number of anilines is 1. The average molecular weight is 724 g/mol. The number of benzene rings is 3. The number of amides is 2. The molecule has 274 valence electrons. The van der Waals surface area contributed by atoms with Crippen LogP contribution in [-0.4, -0.2) is 104 Å². The van der Waals surface area contributed by atoms with E-state index in [9.17, 15) is 29.3 Å². The Morgan fingerprint density at radius 2 is 1.57 bits per heavy atom. The maximum absolute atomic E-state index is 14.8. The Bertz CT molecular complexity index is 1790. The Balaban J connectivity index is 1.40. The first-order valence-electron chi connectivity index (χ1n) is 17.0. The Morgan fingerprint density at radius 3 is 2.18 bits per heavy atom. The van der Waals surface area contributed by atoms with E-state index in [1.54, 1.807) is 16.7 Å². The number of ether oxygens (including phenoxy) is 2. The van der Waals surface area contributed by atoms with Crippen LogP contribution in [0.5, 0.6) is 0 Å². The minimum Gasteiger partial charge on any atom is -0.464 e. The monoisotopic (exact) mass is 723 g/mol. The fourth-order valence-electron chi connectivity index (χ4n) is 6.37. The van der Waals surface area contributed by atoms with Crippen molar-refractivity contribution in [1.29, 1.82) is 0 Å². The molecule has 6 atom stereocenters. The van der Waals surface area contributed by atoms with E-state index in [-0.39, 0.29) is 45.6 Å². The highest BCUT2D eigenvalue weighted by Crippen LogP contribution is 2.43. The van der Waals surface area contributed by atoms with Crippen molar-refractivity contribution in [2.75, 3.05) is 31.8 Å². The third kappa shape index (κ3) is 9.73. The summed E-state index contributed by atoms with van der Waals surface area (Å²) in [6, 6.07) is 22.4. The smallest absolute Gasteiger partial charge is 0.354 e.